The maximum atomic E-state index is 10.5. The molecular weight excluding hydrogens is 372 g/mol. The van der Waals surface area contributed by atoms with Crippen molar-refractivity contribution in [3.05, 3.63) is 71.7 Å². The number of aromatic nitrogens is 4. The molecule has 0 bridgehead atoms. The summed E-state index contributed by atoms with van der Waals surface area (Å²) in [6, 6.07) is 21.1. The molecule has 6 heteroatoms. The summed E-state index contributed by atoms with van der Waals surface area (Å²) in [7, 11) is 0. The van der Waals surface area contributed by atoms with E-state index in [0.29, 0.717) is 6.42 Å². The molecule has 0 spiro atoms. The van der Waals surface area contributed by atoms with Crippen molar-refractivity contribution in [2.45, 2.75) is 37.6 Å². The number of nitrogens with zero attached hydrogens (tertiary/aromatic N) is 5. The molecule has 6 rings (SSSR count). The lowest BCUT2D eigenvalue weighted by molar-refractivity contribution is 0.390. The van der Waals surface area contributed by atoms with Crippen molar-refractivity contribution >= 4 is 16.9 Å². The van der Waals surface area contributed by atoms with Gasteiger partial charge in [-0.1, -0.05) is 30.3 Å². The molecule has 1 fully saturated rings. The van der Waals surface area contributed by atoms with E-state index in [2.05, 4.69) is 39.7 Å². The molecule has 0 saturated carbocycles. The van der Waals surface area contributed by atoms with Crippen molar-refractivity contribution in [2.75, 3.05) is 11.4 Å². The van der Waals surface area contributed by atoms with Crippen LogP contribution < -0.4 is 4.90 Å². The number of rotatable bonds is 2. The summed E-state index contributed by atoms with van der Waals surface area (Å²) in [5.41, 5.74) is 4.37. The van der Waals surface area contributed by atoms with E-state index < -0.39 is 5.41 Å². The van der Waals surface area contributed by atoms with Gasteiger partial charge in [0, 0.05) is 18.5 Å². The van der Waals surface area contributed by atoms with E-state index in [1.165, 1.54) is 0 Å². The smallest absolute Gasteiger partial charge is 0.139 e. The Hall–Kier alpha value is -3.59. The Bertz CT molecular complexity index is 1260. The number of hydrogen-bond acceptors (Lipinski definition) is 4. The molecule has 2 atom stereocenters. The van der Waals surface area contributed by atoms with Gasteiger partial charge in [-0.15, -0.1) is 0 Å². The highest BCUT2D eigenvalue weighted by Crippen LogP contribution is 2.48. The molecule has 6 nitrogen and oxygen atoms in total. The first kappa shape index (κ1) is 17.3. The van der Waals surface area contributed by atoms with E-state index in [9.17, 15) is 5.26 Å². The quantitative estimate of drug-likeness (QED) is 0.557. The van der Waals surface area contributed by atoms with Gasteiger partial charge in [0.05, 0.1) is 34.5 Å². The summed E-state index contributed by atoms with van der Waals surface area (Å²) < 4.78 is 2.06. The molecule has 4 aromatic rings. The Kier molecular flexibility index (Phi) is 3.57. The van der Waals surface area contributed by atoms with Crippen LogP contribution in [0.3, 0.4) is 0 Å². The molecule has 0 amide bonds. The molecule has 148 valence electrons. The summed E-state index contributed by atoms with van der Waals surface area (Å²) in [5.74, 6) is 1.92. The van der Waals surface area contributed by atoms with Crippen LogP contribution in [0.5, 0.6) is 0 Å². The predicted octanol–water partition coefficient (Wildman–Crippen LogP) is 4.04. The molecule has 1 saturated heterocycles. The van der Waals surface area contributed by atoms with Crippen molar-refractivity contribution < 1.29 is 0 Å². The Labute approximate surface area is 174 Å². The second-order valence-corrected chi connectivity index (χ2v) is 8.35. The second-order valence-electron chi connectivity index (χ2n) is 8.35. The lowest BCUT2D eigenvalue weighted by Gasteiger charge is -2.42. The topological polar surface area (TPSA) is 73.5 Å². The van der Waals surface area contributed by atoms with Crippen LogP contribution in [0.2, 0.25) is 0 Å². The Balaban J connectivity index is 1.57. The minimum atomic E-state index is -0.710. The molecule has 2 aliphatic rings. The number of fused-ring (bicyclic) bond motifs is 4. The number of H-pyrrole nitrogens is 1. The Morgan fingerprint density at radius 2 is 1.93 bits per heavy atom. The first-order valence-corrected chi connectivity index (χ1v) is 10.5. The number of nitrogens with one attached hydrogen (secondary N) is 1. The number of benzene rings is 2. The van der Waals surface area contributed by atoms with Crippen molar-refractivity contribution in [1.82, 2.24) is 19.7 Å². The fourth-order valence-corrected chi connectivity index (χ4v) is 5.30. The molecule has 2 aromatic heterocycles. The maximum absolute atomic E-state index is 10.5. The van der Waals surface area contributed by atoms with Gasteiger partial charge < -0.3 is 9.88 Å². The third-order valence-electron chi connectivity index (χ3n) is 6.72. The fraction of sp³-hybridized carbons (Fsp3) is 0.292. The lowest BCUT2D eigenvalue weighted by atomic mass is 9.72. The van der Waals surface area contributed by atoms with Crippen molar-refractivity contribution in [2.24, 2.45) is 0 Å². The number of anilines is 1. The average Bonchev–Trinajstić information content (AvgIpc) is 3.51. The summed E-state index contributed by atoms with van der Waals surface area (Å²) in [6.45, 7) is 2.98. The second kappa shape index (κ2) is 6.20. The van der Waals surface area contributed by atoms with Crippen LogP contribution in [0.25, 0.3) is 16.7 Å². The summed E-state index contributed by atoms with van der Waals surface area (Å²) >= 11 is 0. The Morgan fingerprint density at radius 1 is 1.13 bits per heavy atom. The van der Waals surface area contributed by atoms with Gasteiger partial charge in [-0.25, -0.2) is 9.67 Å². The van der Waals surface area contributed by atoms with Crippen LogP contribution in [0.15, 0.2) is 54.6 Å². The van der Waals surface area contributed by atoms with Gasteiger partial charge in [0.2, 0.25) is 0 Å². The summed E-state index contributed by atoms with van der Waals surface area (Å²) in [5, 5.41) is 15.4. The third kappa shape index (κ3) is 2.23. The number of nitriles is 1. The van der Waals surface area contributed by atoms with E-state index >= 15 is 0 Å². The summed E-state index contributed by atoms with van der Waals surface area (Å²) in [4.78, 5) is 10.8. The SMILES string of the molecule is Cc1nn(-c2ccccc2)c2c1C[C@](C#N)(c1nc3ccccc3[nH]1)[C@H]1CCCN21. The Morgan fingerprint density at radius 3 is 2.73 bits per heavy atom. The monoisotopic (exact) mass is 394 g/mol. The van der Waals surface area contributed by atoms with Crippen molar-refractivity contribution in [1.29, 1.82) is 5.26 Å². The third-order valence-corrected chi connectivity index (χ3v) is 6.72. The standard InChI is InChI=1S/C24H22N6/c1-16-18-14-24(15-25,23-26-19-10-5-6-11-20(19)27-23)21-12-7-13-29(21)22(18)30(28-16)17-8-3-2-4-9-17/h2-6,8-11,21H,7,12-14H2,1H3,(H,26,27)/t21-,24-/m1/s1. The van der Waals surface area contributed by atoms with Crippen LogP contribution in [0.1, 0.15) is 29.9 Å². The average molecular weight is 394 g/mol. The molecule has 1 N–H and O–H groups in total. The van der Waals surface area contributed by atoms with E-state index in [1.807, 2.05) is 42.5 Å². The first-order chi connectivity index (χ1) is 14.7. The summed E-state index contributed by atoms with van der Waals surface area (Å²) in [6.07, 6.45) is 2.66. The normalized spacial score (nSPS) is 22.7. The molecule has 30 heavy (non-hydrogen) atoms. The lowest BCUT2D eigenvalue weighted by Crippen LogP contribution is -2.52. The molecule has 0 unspecified atom stereocenters. The van der Waals surface area contributed by atoms with Crippen LogP contribution in [-0.2, 0) is 11.8 Å². The molecule has 2 aliphatic heterocycles. The fourth-order valence-electron chi connectivity index (χ4n) is 5.30. The number of aryl methyl sites for hydroxylation is 1. The zero-order chi connectivity index (χ0) is 20.3. The van der Waals surface area contributed by atoms with E-state index in [4.69, 9.17) is 10.1 Å². The highest BCUT2D eigenvalue weighted by Gasteiger charge is 2.54. The number of imidazole rings is 1. The van der Waals surface area contributed by atoms with Crippen LogP contribution in [-0.4, -0.2) is 32.3 Å². The largest absolute Gasteiger partial charge is 0.351 e. The van der Waals surface area contributed by atoms with E-state index in [1.54, 1.807) is 0 Å². The van der Waals surface area contributed by atoms with Gasteiger partial charge in [-0.3, -0.25) is 0 Å². The highest BCUT2D eigenvalue weighted by molar-refractivity contribution is 5.75. The van der Waals surface area contributed by atoms with Crippen molar-refractivity contribution in [3.63, 3.8) is 0 Å². The van der Waals surface area contributed by atoms with E-state index in [-0.39, 0.29) is 6.04 Å². The molecule has 0 radical (unpaired) electrons. The van der Waals surface area contributed by atoms with Gasteiger partial charge >= 0.3 is 0 Å². The minimum Gasteiger partial charge on any atom is -0.351 e. The first-order valence-electron chi connectivity index (χ1n) is 10.5. The maximum Gasteiger partial charge on any atom is 0.139 e. The number of hydrogen-bond donors (Lipinski definition) is 1. The van der Waals surface area contributed by atoms with E-state index in [0.717, 1.165) is 59.0 Å². The van der Waals surface area contributed by atoms with Crippen molar-refractivity contribution in [3.8, 4) is 11.8 Å². The zero-order valence-electron chi connectivity index (χ0n) is 16.8. The van der Waals surface area contributed by atoms with Gasteiger partial charge in [-0.05, 0) is 44.0 Å². The molecule has 4 heterocycles. The minimum absolute atomic E-state index is 0.0779. The van der Waals surface area contributed by atoms with Crippen LogP contribution >= 0.6 is 0 Å². The van der Waals surface area contributed by atoms with Gasteiger partial charge in [0.15, 0.2) is 0 Å². The van der Waals surface area contributed by atoms with Gasteiger partial charge in [0.1, 0.15) is 17.1 Å². The highest BCUT2D eigenvalue weighted by atomic mass is 15.4. The van der Waals surface area contributed by atoms with Gasteiger partial charge in [-0.2, -0.15) is 10.4 Å². The van der Waals surface area contributed by atoms with Crippen LogP contribution in [0, 0.1) is 18.3 Å². The van der Waals surface area contributed by atoms with Gasteiger partial charge in [0.25, 0.3) is 0 Å². The molecular formula is C24H22N6. The van der Waals surface area contributed by atoms with Crippen LogP contribution in [0.4, 0.5) is 5.82 Å². The molecule has 0 aliphatic carbocycles. The predicted molar refractivity (Wildman–Crippen MR) is 116 cm³/mol. The number of aromatic amines is 1. The molecule has 2 aromatic carbocycles. The zero-order valence-corrected chi connectivity index (χ0v) is 16.8. The number of para-hydroxylation sites is 3.